The van der Waals surface area contributed by atoms with E-state index in [1.54, 1.807) is 31.5 Å². The van der Waals surface area contributed by atoms with E-state index in [1.807, 2.05) is 18.2 Å². The van der Waals surface area contributed by atoms with Crippen LogP contribution < -0.4 is 4.72 Å². The van der Waals surface area contributed by atoms with Crippen LogP contribution in [0.2, 0.25) is 0 Å². The highest BCUT2D eigenvalue weighted by atomic mass is 32.2. The van der Waals surface area contributed by atoms with Crippen LogP contribution in [-0.4, -0.2) is 19.2 Å². The van der Waals surface area contributed by atoms with Crippen molar-refractivity contribution in [3.63, 3.8) is 0 Å². The summed E-state index contributed by atoms with van der Waals surface area (Å²) in [4.78, 5) is 4.29. The molecule has 0 aliphatic heterocycles. The van der Waals surface area contributed by atoms with Crippen molar-refractivity contribution < 1.29 is 8.42 Å². The Kier molecular flexibility index (Phi) is 4.65. The SMILES string of the molecule is CCS(=O)(=O)NC(c1cncc(-c2ccc(C#N)cc2)c1)C1CC1. The molecule has 124 valence electrons. The van der Waals surface area contributed by atoms with Gasteiger partial charge in [-0.15, -0.1) is 0 Å². The van der Waals surface area contributed by atoms with Gasteiger partial charge in [-0.3, -0.25) is 4.98 Å². The molecular weight excluding hydrogens is 322 g/mol. The van der Waals surface area contributed by atoms with Crippen molar-refractivity contribution in [2.45, 2.75) is 25.8 Å². The molecule has 1 saturated carbocycles. The molecule has 0 radical (unpaired) electrons. The molecule has 3 rings (SSSR count). The smallest absolute Gasteiger partial charge is 0.211 e. The van der Waals surface area contributed by atoms with Gasteiger partial charge >= 0.3 is 0 Å². The lowest BCUT2D eigenvalue weighted by Crippen LogP contribution is -2.31. The molecule has 1 aliphatic carbocycles. The highest BCUT2D eigenvalue weighted by Crippen LogP contribution is 2.41. The molecule has 1 heterocycles. The fourth-order valence-electron chi connectivity index (χ4n) is 2.67. The Morgan fingerprint density at radius 3 is 2.54 bits per heavy atom. The van der Waals surface area contributed by atoms with E-state index in [2.05, 4.69) is 15.8 Å². The molecule has 0 saturated heterocycles. The van der Waals surface area contributed by atoms with Crippen molar-refractivity contribution in [3.05, 3.63) is 53.9 Å². The maximum absolute atomic E-state index is 12.0. The van der Waals surface area contributed by atoms with Gasteiger partial charge in [0.25, 0.3) is 0 Å². The first-order chi connectivity index (χ1) is 11.5. The Morgan fingerprint density at radius 1 is 1.25 bits per heavy atom. The van der Waals surface area contributed by atoms with E-state index < -0.39 is 10.0 Å². The van der Waals surface area contributed by atoms with Crippen LogP contribution in [0.25, 0.3) is 11.1 Å². The molecule has 2 aromatic rings. The summed E-state index contributed by atoms with van der Waals surface area (Å²) in [5.74, 6) is 0.406. The molecule has 1 fully saturated rings. The summed E-state index contributed by atoms with van der Waals surface area (Å²) in [6.07, 6.45) is 5.54. The molecule has 24 heavy (non-hydrogen) atoms. The van der Waals surface area contributed by atoms with Gasteiger partial charge in [-0.25, -0.2) is 13.1 Å². The van der Waals surface area contributed by atoms with Crippen LogP contribution in [0.1, 0.15) is 36.9 Å². The van der Waals surface area contributed by atoms with E-state index in [4.69, 9.17) is 5.26 Å². The third-order valence-corrected chi connectivity index (χ3v) is 5.62. The number of nitriles is 1. The summed E-state index contributed by atoms with van der Waals surface area (Å²) < 4.78 is 26.8. The predicted octanol–water partition coefficient (Wildman–Crippen LogP) is 3.01. The quantitative estimate of drug-likeness (QED) is 0.875. The van der Waals surface area contributed by atoms with Gasteiger partial charge in [0, 0.05) is 18.0 Å². The number of benzene rings is 1. The van der Waals surface area contributed by atoms with E-state index in [9.17, 15) is 8.42 Å². The zero-order valence-corrected chi connectivity index (χ0v) is 14.3. The normalized spacial score (nSPS) is 15.7. The highest BCUT2D eigenvalue weighted by molar-refractivity contribution is 7.89. The second-order valence-corrected chi connectivity index (χ2v) is 8.08. The molecule has 1 aromatic heterocycles. The summed E-state index contributed by atoms with van der Waals surface area (Å²) in [6, 6.07) is 11.1. The molecule has 6 heteroatoms. The number of nitrogens with one attached hydrogen (secondary N) is 1. The fourth-order valence-corrected chi connectivity index (χ4v) is 3.55. The number of sulfonamides is 1. The largest absolute Gasteiger partial charge is 0.264 e. The number of aromatic nitrogens is 1. The summed E-state index contributed by atoms with van der Waals surface area (Å²) >= 11 is 0. The van der Waals surface area contributed by atoms with Crippen LogP contribution >= 0.6 is 0 Å². The van der Waals surface area contributed by atoms with Crippen molar-refractivity contribution in [1.82, 2.24) is 9.71 Å². The topological polar surface area (TPSA) is 82.8 Å². The lowest BCUT2D eigenvalue weighted by atomic mass is 10.00. The molecular formula is C18H19N3O2S. The first-order valence-corrected chi connectivity index (χ1v) is 9.63. The van der Waals surface area contributed by atoms with E-state index in [-0.39, 0.29) is 11.8 Å². The molecule has 0 bridgehead atoms. The zero-order valence-electron chi connectivity index (χ0n) is 13.4. The maximum atomic E-state index is 12.0. The van der Waals surface area contributed by atoms with Crippen LogP contribution in [0.15, 0.2) is 42.7 Å². The van der Waals surface area contributed by atoms with Crippen LogP contribution in [0, 0.1) is 17.2 Å². The monoisotopic (exact) mass is 341 g/mol. The molecule has 1 atom stereocenters. The van der Waals surface area contributed by atoms with Gasteiger partial charge in [-0.05, 0) is 55.0 Å². The summed E-state index contributed by atoms with van der Waals surface area (Å²) in [7, 11) is -3.27. The minimum absolute atomic E-state index is 0.0684. The second kappa shape index (κ2) is 6.71. The molecule has 1 aromatic carbocycles. The number of rotatable bonds is 6. The number of hydrogen-bond donors (Lipinski definition) is 1. The first kappa shape index (κ1) is 16.6. The number of hydrogen-bond acceptors (Lipinski definition) is 4. The third kappa shape index (κ3) is 3.81. The van der Waals surface area contributed by atoms with Crippen LogP contribution in [0.3, 0.4) is 0 Å². The van der Waals surface area contributed by atoms with Crippen molar-refractivity contribution in [2.75, 3.05) is 5.75 Å². The third-order valence-electron chi connectivity index (χ3n) is 4.25. The number of nitrogens with zero attached hydrogens (tertiary/aromatic N) is 2. The van der Waals surface area contributed by atoms with Gasteiger partial charge in [0.15, 0.2) is 0 Å². The second-order valence-electron chi connectivity index (χ2n) is 6.03. The Labute approximate surface area is 142 Å². The summed E-state index contributed by atoms with van der Waals surface area (Å²) in [5.41, 5.74) is 3.36. The summed E-state index contributed by atoms with van der Waals surface area (Å²) in [5, 5.41) is 8.89. The van der Waals surface area contributed by atoms with Gasteiger partial charge in [-0.1, -0.05) is 12.1 Å². The minimum Gasteiger partial charge on any atom is -0.264 e. The Morgan fingerprint density at radius 2 is 1.96 bits per heavy atom. The van der Waals surface area contributed by atoms with Crippen molar-refractivity contribution in [3.8, 4) is 17.2 Å². The molecule has 1 aliphatic rings. The van der Waals surface area contributed by atoms with Crippen molar-refractivity contribution >= 4 is 10.0 Å². The van der Waals surface area contributed by atoms with Gasteiger partial charge in [0.05, 0.1) is 23.4 Å². The van der Waals surface area contributed by atoms with Crippen LogP contribution in [0.5, 0.6) is 0 Å². The Balaban J connectivity index is 1.91. The average molecular weight is 341 g/mol. The predicted molar refractivity (Wildman–Crippen MR) is 92.4 cm³/mol. The average Bonchev–Trinajstić information content (AvgIpc) is 3.45. The van der Waals surface area contributed by atoms with Crippen molar-refractivity contribution in [2.24, 2.45) is 5.92 Å². The molecule has 0 spiro atoms. The first-order valence-electron chi connectivity index (χ1n) is 7.98. The Bertz CT molecular complexity index is 866. The van der Waals surface area contributed by atoms with E-state index >= 15 is 0 Å². The highest BCUT2D eigenvalue weighted by Gasteiger charge is 2.35. The van der Waals surface area contributed by atoms with E-state index in [1.165, 1.54) is 0 Å². The lowest BCUT2D eigenvalue weighted by Gasteiger charge is -2.18. The van der Waals surface area contributed by atoms with Crippen LogP contribution in [0.4, 0.5) is 0 Å². The van der Waals surface area contributed by atoms with Gasteiger partial charge in [0.2, 0.25) is 10.0 Å². The van der Waals surface area contributed by atoms with E-state index in [0.717, 1.165) is 29.5 Å². The Hall–Kier alpha value is -2.23. The number of pyridine rings is 1. The van der Waals surface area contributed by atoms with Crippen LogP contribution in [-0.2, 0) is 10.0 Å². The molecule has 1 unspecified atom stereocenters. The standard InChI is InChI=1S/C18H19N3O2S/c1-2-24(22,23)21-18(15-7-8-15)17-9-16(11-20-12-17)14-5-3-13(10-19)4-6-14/h3-6,9,11-12,15,18,21H,2,7-8H2,1H3. The van der Waals surface area contributed by atoms with Gasteiger partial charge < -0.3 is 0 Å². The lowest BCUT2D eigenvalue weighted by molar-refractivity contribution is 0.529. The summed E-state index contributed by atoms with van der Waals surface area (Å²) in [6.45, 7) is 1.64. The maximum Gasteiger partial charge on any atom is 0.211 e. The molecule has 1 N–H and O–H groups in total. The molecule has 5 nitrogen and oxygen atoms in total. The van der Waals surface area contributed by atoms with E-state index in [0.29, 0.717) is 11.5 Å². The minimum atomic E-state index is -3.27. The van der Waals surface area contributed by atoms with Gasteiger partial charge in [-0.2, -0.15) is 5.26 Å². The zero-order chi connectivity index (χ0) is 17.2. The fraction of sp³-hybridized carbons (Fsp3) is 0.333. The van der Waals surface area contributed by atoms with Gasteiger partial charge in [0.1, 0.15) is 0 Å². The van der Waals surface area contributed by atoms with Crippen molar-refractivity contribution in [1.29, 1.82) is 5.26 Å². The molecule has 0 amide bonds.